The third-order valence-electron chi connectivity index (χ3n) is 8.28. The average Bonchev–Trinajstić information content (AvgIpc) is 3.28. The normalized spacial score (nSPS) is 31.2. The number of ether oxygens (including phenoxy) is 7. The van der Waals surface area contributed by atoms with Crippen LogP contribution in [0, 0.1) is 0 Å². The Morgan fingerprint density at radius 2 is 1.40 bits per heavy atom. The summed E-state index contributed by atoms with van der Waals surface area (Å²) in [6.45, 7) is 9.04. The minimum atomic E-state index is -2.02. The van der Waals surface area contributed by atoms with Gasteiger partial charge in [-0.1, -0.05) is 71.6 Å². The number of esters is 2. The van der Waals surface area contributed by atoms with E-state index in [2.05, 4.69) is 6.92 Å². The van der Waals surface area contributed by atoms with Gasteiger partial charge in [0.15, 0.2) is 6.10 Å². The number of hydrogen-bond acceptors (Lipinski definition) is 13. The van der Waals surface area contributed by atoms with Crippen LogP contribution < -0.4 is 0 Å². The van der Waals surface area contributed by atoms with E-state index in [-0.39, 0.29) is 13.0 Å². The van der Waals surface area contributed by atoms with E-state index >= 15 is 0 Å². The van der Waals surface area contributed by atoms with Crippen LogP contribution in [0.15, 0.2) is 0 Å². The molecule has 2 rings (SSSR count). The molecule has 4 N–H and O–H groups in total. The topological polar surface area (TPSA) is 180 Å². The first-order valence-electron chi connectivity index (χ1n) is 17.5. The highest BCUT2D eigenvalue weighted by atomic mass is 16.8. The van der Waals surface area contributed by atoms with E-state index in [1.165, 1.54) is 39.0 Å². The fourth-order valence-electron chi connectivity index (χ4n) is 5.81. The summed E-state index contributed by atoms with van der Waals surface area (Å²) in [6, 6.07) is 0. The number of unbranched alkanes of at least 4 members (excludes halogenated alkanes) is 9. The van der Waals surface area contributed by atoms with Crippen molar-refractivity contribution < 1.29 is 63.2 Å². The van der Waals surface area contributed by atoms with Crippen LogP contribution in [0.2, 0.25) is 0 Å². The lowest BCUT2D eigenvalue weighted by atomic mass is 9.97. The zero-order valence-electron chi connectivity index (χ0n) is 29.4. The number of carbonyl (C=O) groups is 2. The van der Waals surface area contributed by atoms with Gasteiger partial charge in [0.1, 0.15) is 43.2 Å². The molecule has 13 heteroatoms. The van der Waals surface area contributed by atoms with E-state index in [4.69, 9.17) is 33.2 Å². The first-order chi connectivity index (χ1) is 22.3. The van der Waals surface area contributed by atoms with Crippen LogP contribution >= 0.6 is 0 Å². The van der Waals surface area contributed by atoms with E-state index < -0.39 is 92.2 Å². The zero-order valence-corrected chi connectivity index (χ0v) is 29.4. The van der Waals surface area contributed by atoms with Crippen LogP contribution in [0.25, 0.3) is 0 Å². The van der Waals surface area contributed by atoms with Crippen molar-refractivity contribution in [2.75, 3.05) is 26.4 Å². The van der Waals surface area contributed by atoms with Crippen molar-refractivity contribution >= 4 is 11.9 Å². The van der Waals surface area contributed by atoms with Crippen LogP contribution in [-0.2, 0) is 42.7 Å². The molecule has 0 aromatic carbocycles. The Kier molecular flexibility index (Phi) is 18.6. The molecule has 0 radical (unpaired) electrons. The maximum Gasteiger partial charge on any atom is 0.306 e. The molecule has 0 unspecified atom stereocenters. The minimum absolute atomic E-state index is 0.115. The Hall–Kier alpha value is -1.42. The molecule has 276 valence electrons. The molecule has 0 spiro atoms. The average molecular weight is 679 g/mol. The van der Waals surface area contributed by atoms with Crippen molar-refractivity contribution in [1.82, 2.24) is 0 Å². The van der Waals surface area contributed by atoms with Crippen LogP contribution in [0.3, 0.4) is 0 Å². The Labute approximate surface area is 280 Å². The van der Waals surface area contributed by atoms with Gasteiger partial charge in [-0.25, -0.2) is 0 Å². The molecule has 0 saturated carbocycles. The van der Waals surface area contributed by atoms with Crippen LogP contribution in [-0.4, -0.2) is 119 Å². The van der Waals surface area contributed by atoms with E-state index in [0.29, 0.717) is 12.8 Å². The van der Waals surface area contributed by atoms with E-state index in [1.807, 2.05) is 6.92 Å². The fourth-order valence-corrected chi connectivity index (χ4v) is 5.81. The van der Waals surface area contributed by atoms with Gasteiger partial charge in [0, 0.05) is 20.0 Å². The molecular formula is C34H62O13. The van der Waals surface area contributed by atoms with Crippen molar-refractivity contribution in [2.45, 2.75) is 179 Å². The van der Waals surface area contributed by atoms with Gasteiger partial charge in [0.05, 0.1) is 18.8 Å². The molecule has 2 aliphatic rings. The Morgan fingerprint density at radius 3 is 1.96 bits per heavy atom. The van der Waals surface area contributed by atoms with E-state index in [0.717, 1.165) is 25.7 Å². The number of carbonyl (C=O) groups excluding carboxylic acids is 2. The third kappa shape index (κ3) is 13.4. The molecule has 47 heavy (non-hydrogen) atoms. The van der Waals surface area contributed by atoms with Crippen molar-refractivity contribution in [1.29, 1.82) is 0 Å². The summed E-state index contributed by atoms with van der Waals surface area (Å²) < 4.78 is 41.8. The predicted molar refractivity (Wildman–Crippen MR) is 171 cm³/mol. The molecule has 9 atom stereocenters. The molecule has 0 aromatic rings. The maximum atomic E-state index is 13.2. The highest BCUT2D eigenvalue weighted by molar-refractivity contribution is 5.69. The van der Waals surface area contributed by atoms with Crippen molar-refractivity contribution in [3.05, 3.63) is 0 Å². The summed E-state index contributed by atoms with van der Waals surface area (Å²) in [5.74, 6) is -3.25. The minimum Gasteiger partial charge on any atom is -0.460 e. The van der Waals surface area contributed by atoms with Gasteiger partial charge in [-0.2, -0.15) is 0 Å². The Balaban J connectivity index is 2.34. The van der Waals surface area contributed by atoms with Gasteiger partial charge < -0.3 is 53.6 Å². The second-order valence-corrected chi connectivity index (χ2v) is 13.6. The second-order valence-electron chi connectivity index (χ2n) is 13.6. The SMILES string of the molecule is CCCCCCCCCCCC(=O)O[C@H]1[C@@H](O[C@]2(COC(C)=O)O[C@H](CO)[C@@H](O)[C@@H]2OCCCC)O[C@H](CO)[C@@H](O)[C@@H]1OC(C)(C)C. The number of hydrogen-bond donors (Lipinski definition) is 4. The van der Waals surface area contributed by atoms with E-state index in [9.17, 15) is 30.0 Å². The zero-order chi connectivity index (χ0) is 35.0. The quantitative estimate of drug-likeness (QED) is 0.0969. The van der Waals surface area contributed by atoms with Crippen LogP contribution in [0.4, 0.5) is 0 Å². The molecule has 2 saturated heterocycles. The van der Waals surface area contributed by atoms with E-state index in [1.54, 1.807) is 20.8 Å². The molecule has 0 bridgehead atoms. The number of rotatable bonds is 22. The standard InChI is InChI=1S/C34H62O13/c1-7-9-11-12-13-14-15-16-17-18-26(38)44-30-29(46-33(4,5)6)27(39)24(20-35)43-32(30)47-34(22-42-23(3)37)31(41-19-10-8-2)28(40)25(21-36)45-34/h24-25,27-32,35-36,39-40H,7-22H2,1-6H3/t24-,25-,27-,28-,29+,30-,31+,32-,34+/m1/s1. The molecule has 0 aliphatic carbocycles. The summed E-state index contributed by atoms with van der Waals surface area (Å²) in [4.78, 5) is 25.2. The summed E-state index contributed by atoms with van der Waals surface area (Å²) >= 11 is 0. The molecule has 0 amide bonds. The monoisotopic (exact) mass is 678 g/mol. The second kappa shape index (κ2) is 20.9. The van der Waals surface area contributed by atoms with Gasteiger partial charge >= 0.3 is 11.9 Å². The van der Waals surface area contributed by atoms with Crippen LogP contribution in [0.1, 0.15) is 119 Å². The number of aliphatic hydroxyl groups excluding tert-OH is 4. The van der Waals surface area contributed by atoms with Crippen molar-refractivity contribution in [2.24, 2.45) is 0 Å². The van der Waals surface area contributed by atoms with Crippen LogP contribution in [0.5, 0.6) is 0 Å². The summed E-state index contributed by atoms with van der Waals surface area (Å²) in [5.41, 5.74) is -0.821. The lowest BCUT2D eigenvalue weighted by Gasteiger charge is -2.47. The first-order valence-corrected chi connectivity index (χ1v) is 17.5. The van der Waals surface area contributed by atoms with Gasteiger partial charge in [-0.05, 0) is 33.6 Å². The molecular weight excluding hydrogens is 616 g/mol. The van der Waals surface area contributed by atoms with Gasteiger partial charge in [0.25, 0.3) is 0 Å². The molecule has 0 aromatic heterocycles. The molecule has 2 fully saturated rings. The fraction of sp³-hybridized carbons (Fsp3) is 0.941. The van der Waals surface area contributed by atoms with Crippen molar-refractivity contribution in [3.8, 4) is 0 Å². The van der Waals surface area contributed by atoms with Gasteiger partial charge in [-0.3, -0.25) is 9.59 Å². The first kappa shape index (κ1) is 41.7. The Bertz CT molecular complexity index is 896. The Morgan fingerprint density at radius 1 is 0.809 bits per heavy atom. The smallest absolute Gasteiger partial charge is 0.306 e. The molecule has 2 aliphatic heterocycles. The molecule has 13 nitrogen and oxygen atoms in total. The third-order valence-corrected chi connectivity index (χ3v) is 8.28. The highest BCUT2D eigenvalue weighted by Crippen LogP contribution is 2.40. The van der Waals surface area contributed by atoms with Gasteiger partial charge in [-0.15, -0.1) is 0 Å². The number of aliphatic hydroxyl groups is 4. The van der Waals surface area contributed by atoms with Gasteiger partial charge in [0.2, 0.25) is 12.1 Å². The summed E-state index contributed by atoms with van der Waals surface area (Å²) in [5, 5.41) is 42.4. The predicted octanol–water partition coefficient (Wildman–Crippen LogP) is 3.29. The maximum absolute atomic E-state index is 13.2. The van der Waals surface area contributed by atoms with Crippen molar-refractivity contribution in [3.63, 3.8) is 0 Å². The largest absolute Gasteiger partial charge is 0.460 e. The lowest BCUT2D eigenvalue weighted by Crippen LogP contribution is -2.65. The lowest BCUT2D eigenvalue weighted by molar-refractivity contribution is -0.391. The molecule has 2 heterocycles. The summed E-state index contributed by atoms with van der Waals surface area (Å²) in [7, 11) is 0. The summed E-state index contributed by atoms with van der Waals surface area (Å²) in [6.07, 6.45) is 0.663. The highest BCUT2D eigenvalue weighted by Gasteiger charge is 2.61.